The van der Waals surface area contributed by atoms with E-state index in [9.17, 15) is 18.0 Å². The molecule has 0 aliphatic heterocycles. The van der Waals surface area contributed by atoms with Crippen LogP contribution in [0.4, 0.5) is 0 Å². The lowest BCUT2D eigenvalue weighted by Gasteiger charge is -2.21. The summed E-state index contributed by atoms with van der Waals surface area (Å²) in [5.41, 5.74) is -0.769. The van der Waals surface area contributed by atoms with Crippen LogP contribution in [0, 0.1) is 0 Å². The molecule has 0 aromatic rings. The first-order chi connectivity index (χ1) is 8.97. The van der Waals surface area contributed by atoms with Crippen LogP contribution in [0.3, 0.4) is 0 Å². The smallest absolute Gasteiger partial charge is 0.322 e. The van der Waals surface area contributed by atoms with Crippen molar-refractivity contribution in [3.8, 4) is 0 Å². The first-order valence-corrected chi connectivity index (χ1v) is 7.55. The standard InChI is InChI=1S/C11H21NO7S/c1-11(2,3)19-9(13)7-8(10(14)15)12-20(16,17)6-5-18-4/h8,12H,5-7H2,1-4H3,(H,14,15)/t8-/m0/s1. The molecule has 0 aromatic heterocycles. The summed E-state index contributed by atoms with van der Waals surface area (Å²) in [4.78, 5) is 22.5. The Hall–Kier alpha value is -1.19. The number of rotatable bonds is 8. The number of ether oxygens (including phenoxy) is 2. The highest BCUT2D eigenvalue weighted by Gasteiger charge is 2.28. The Labute approximate surface area is 118 Å². The molecule has 0 radical (unpaired) electrons. The van der Waals surface area contributed by atoms with Crippen molar-refractivity contribution in [3.63, 3.8) is 0 Å². The molecule has 20 heavy (non-hydrogen) atoms. The summed E-state index contributed by atoms with van der Waals surface area (Å²) >= 11 is 0. The van der Waals surface area contributed by atoms with Crippen LogP contribution >= 0.6 is 0 Å². The summed E-state index contributed by atoms with van der Waals surface area (Å²) in [6.07, 6.45) is -0.585. The van der Waals surface area contributed by atoms with Gasteiger partial charge in [-0.3, -0.25) is 9.59 Å². The first-order valence-electron chi connectivity index (χ1n) is 5.90. The molecule has 0 rings (SSSR count). The highest BCUT2D eigenvalue weighted by molar-refractivity contribution is 7.89. The molecule has 0 unspecified atom stereocenters. The number of methoxy groups -OCH3 is 1. The number of esters is 1. The largest absolute Gasteiger partial charge is 0.480 e. The molecule has 9 heteroatoms. The Balaban J connectivity index is 4.67. The summed E-state index contributed by atoms with van der Waals surface area (Å²) in [5.74, 6) is -2.63. The van der Waals surface area contributed by atoms with Gasteiger partial charge < -0.3 is 14.6 Å². The van der Waals surface area contributed by atoms with E-state index in [1.54, 1.807) is 20.8 Å². The number of carboxylic acid groups (broad SMARTS) is 1. The molecule has 0 aliphatic carbocycles. The number of carbonyl (C=O) groups is 2. The van der Waals surface area contributed by atoms with Crippen molar-refractivity contribution in [2.45, 2.75) is 38.8 Å². The lowest BCUT2D eigenvalue weighted by Crippen LogP contribution is -2.44. The molecule has 0 aromatic carbocycles. The molecule has 0 bridgehead atoms. The third-order valence-corrected chi connectivity index (χ3v) is 3.31. The molecule has 0 amide bonds. The zero-order chi connectivity index (χ0) is 16.0. The second-order valence-corrected chi connectivity index (χ2v) is 6.98. The lowest BCUT2D eigenvalue weighted by atomic mass is 10.2. The van der Waals surface area contributed by atoms with Crippen LogP contribution in [-0.2, 0) is 29.1 Å². The van der Waals surface area contributed by atoms with Crippen LogP contribution < -0.4 is 4.72 Å². The minimum absolute atomic E-state index is 0.0753. The van der Waals surface area contributed by atoms with E-state index >= 15 is 0 Å². The van der Waals surface area contributed by atoms with Crippen molar-refractivity contribution in [1.82, 2.24) is 4.72 Å². The second-order valence-electron chi connectivity index (χ2n) is 5.11. The lowest BCUT2D eigenvalue weighted by molar-refractivity contribution is -0.158. The highest BCUT2D eigenvalue weighted by atomic mass is 32.2. The fourth-order valence-electron chi connectivity index (χ4n) is 1.20. The van der Waals surface area contributed by atoms with E-state index in [2.05, 4.69) is 4.74 Å². The summed E-state index contributed by atoms with van der Waals surface area (Å²) in [6, 6.07) is -1.56. The number of hydrogen-bond acceptors (Lipinski definition) is 6. The molecule has 0 fully saturated rings. The average Bonchev–Trinajstić information content (AvgIpc) is 2.22. The maximum Gasteiger partial charge on any atom is 0.322 e. The summed E-state index contributed by atoms with van der Waals surface area (Å²) in [5, 5.41) is 8.94. The minimum Gasteiger partial charge on any atom is -0.480 e. The Kier molecular flexibility index (Phi) is 7.11. The van der Waals surface area contributed by atoms with E-state index in [0.29, 0.717) is 0 Å². The van der Waals surface area contributed by atoms with Gasteiger partial charge in [-0.2, -0.15) is 0 Å². The number of hydrogen-bond donors (Lipinski definition) is 2. The normalized spacial score (nSPS) is 13.8. The molecular formula is C11H21NO7S. The van der Waals surface area contributed by atoms with Crippen molar-refractivity contribution < 1.29 is 32.6 Å². The van der Waals surface area contributed by atoms with Crippen molar-refractivity contribution in [2.75, 3.05) is 19.5 Å². The molecule has 1 atom stereocenters. The topological polar surface area (TPSA) is 119 Å². The number of aliphatic carboxylic acids is 1. The van der Waals surface area contributed by atoms with Crippen LogP contribution in [0.15, 0.2) is 0 Å². The monoisotopic (exact) mass is 311 g/mol. The first kappa shape index (κ1) is 18.8. The van der Waals surface area contributed by atoms with E-state index < -0.39 is 40.0 Å². The Morgan fingerprint density at radius 3 is 2.25 bits per heavy atom. The van der Waals surface area contributed by atoms with Gasteiger partial charge in [0.25, 0.3) is 0 Å². The van der Waals surface area contributed by atoms with Crippen LogP contribution in [0.2, 0.25) is 0 Å². The quantitative estimate of drug-likeness (QED) is 0.592. The Bertz CT molecular complexity index is 438. The van der Waals surface area contributed by atoms with E-state index in [4.69, 9.17) is 9.84 Å². The number of nitrogens with one attached hydrogen (secondary N) is 1. The van der Waals surface area contributed by atoms with E-state index in [1.807, 2.05) is 4.72 Å². The fraction of sp³-hybridized carbons (Fsp3) is 0.818. The number of sulfonamides is 1. The van der Waals surface area contributed by atoms with Crippen LogP contribution in [0.5, 0.6) is 0 Å². The highest BCUT2D eigenvalue weighted by Crippen LogP contribution is 2.10. The SMILES string of the molecule is COCCS(=O)(=O)N[C@@H](CC(=O)OC(C)(C)C)C(=O)O. The predicted molar refractivity (Wildman–Crippen MR) is 70.7 cm³/mol. The van der Waals surface area contributed by atoms with Gasteiger partial charge in [0.1, 0.15) is 11.6 Å². The van der Waals surface area contributed by atoms with Gasteiger partial charge in [-0.1, -0.05) is 0 Å². The number of carboxylic acids is 1. The maximum absolute atomic E-state index is 11.6. The molecule has 0 aliphatic rings. The van der Waals surface area contributed by atoms with Crippen molar-refractivity contribution in [2.24, 2.45) is 0 Å². The van der Waals surface area contributed by atoms with Gasteiger partial charge in [-0.05, 0) is 20.8 Å². The Morgan fingerprint density at radius 2 is 1.85 bits per heavy atom. The molecule has 0 saturated carbocycles. The van der Waals surface area contributed by atoms with E-state index in [-0.39, 0.29) is 12.4 Å². The van der Waals surface area contributed by atoms with Crippen LogP contribution in [0.1, 0.15) is 27.2 Å². The van der Waals surface area contributed by atoms with Gasteiger partial charge in [0, 0.05) is 7.11 Å². The van der Waals surface area contributed by atoms with Crippen molar-refractivity contribution in [3.05, 3.63) is 0 Å². The van der Waals surface area contributed by atoms with Gasteiger partial charge in [-0.25, -0.2) is 13.1 Å². The third kappa shape index (κ3) is 8.83. The molecule has 8 nitrogen and oxygen atoms in total. The average molecular weight is 311 g/mol. The van der Waals surface area contributed by atoms with Gasteiger partial charge in [-0.15, -0.1) is 0 Å². The summed E-state index contributed by atoms with van der Waals surface area (Å²) in [6.45, 7) is 4.81. The number of carbonyl (C=O) groups excluding carboxylic acids is 1. The molecule has 0 spiro atoms. The van der Waals surface area contributed by atoms with Crippen LogP contribution in [-0.4, -0.2) is 56.6 Å². The summed E-state index contributed by atoms with van der Waals surface area (Å²) in [7, 11) is -2.52. The predicted octanol–water partition coefficient (Wildman–Crippen LogP) is -0.263. The molecule has 0 heterocycles. The van der Waals surface area contributed by atoms with E-state index in [1.165, 1.54) is 7.11 Å². The van der Waals surface area contributed by atoms with E-state index in [0.717, 1.165) is 0 Å². The zero-order valence-corrected chi connectivity index (χ0v) is 12.8. The van der Waals surface area contributed by atoms with Gasteiger partial charge in [0.15, 0.2) is 0 Å². The fourth-order valence-corrected chi connectivity index (χ4v) is 2.32. The summed E-state index contributed by atoms with van der Waals surface area (Å²) < 4.78 is 34.6. The maximum atomic E-state index is 11.6. The zero-order valence-electron chi connectivity index (χ0n) is 12.0. The third-order valence-electron chi connectivity index (χ3n) is 1.97. The molecule has 0 saturated heterocycles. The second kappa shape index (κ2) is 7.55. The van der Waals surface area contributed by atoms with Crippen molar-refractivity contribution >= 4 is 22.0 Å². The molecule has 118 valence electrons. The Morgan fingerprint density at radius 1 is 1.30 bits per heavy atom. The van der Waals surface area contributed by atoms with Gasteiger partial charge >= 0.3 is 11.9 Å². The van der Waals surface area contributed by atoms with Gasteiger partial charge in [0.2, 0.25) is 10.0 Å². The minimum atomic E-state index is -3.84. The molecule has 2 N–H and O–H groups in total. The molecular weight excluding hydrogens is 290 g/mol. The van der Waals surface area contributed by atoms with Crippen LogP contribution in [0.25, 0.3) is 0 Å². The van der Waals surface area contributed by atoms with Gasteiger partial charge in [0.05, 0.1) is 18.8 Å². The van der Waals surface area contributed by atoms with Crippen molar-refractivity contribution in [1.29, 1.82) is 0 Å².